The summed E-state index contributed by atoms with van der Waals surface area (Å²) in [5.41, 5.74) is 3.73. The number of carbonyl (C=O) groups excluding carboxylic acids is 1. The van der Waals surface area contributed by atoms with E-state index in [-0.39, 0.29) is 23.9 Å². The van der Waals surface area contributed by atoms with Crippen molar-refractivity contribution in [3.8, 4) is 0 Å². The number of sulfonamides is 1. The van der Waals surface area contributed by atoms with Gasteiger partial charge in [-0.1, -0.05) is 23.8 Å². The Morgan fingerprint density at radius 2 is 1.58 bits per heavy atom. The highest BCUT2D eigenvalue weighted by atomic mass is 32.2. The van der Waals surface area contributed by atoms with E-state index in [9.17, 15) is 13.2 Å². The van der Waals surface area contributed by atoms with Gasteiger partial charge in [0.1, 0.15) is 0 Å². The van der Waals surface area contributed by atoms with Crippen molar-refractivity contribution in [2.75, 3.05) is 13.1 Å². The number of carbonyl (C=O) groups is 1. The topological polar surface area (TPSA) is 75.3 Å². The fourth-order valence-electron chi connectivity index (χ4n) is 2.15. The lowest BCUT2D eigenvalue weighted by Gasteiger charge is -2.09. The second kappa shape index (κ2) is 7.59. The van der Waals surface area contributed by atoms with Gasteiger partial charge in [0.2, 0.25) is 10.0 Å². The lowest BCUT2D eigenvalue weighted by atomic mass is 10.1. The molecule has 0 aliphatic carbocycles. The molecule has 0 saturated carbocycles. The van der Waals surface area contributed by atoms with Crippen LogP contribution in [0, 0.1) is 20.8 Å². The molecule has 0 aromatic heterocycles. The number of benzene rings is 2. The molecule has 0 saturated heterocycles. The zero-order valence-corrected chi connectivity index (χ0v) is 14.9. The zero-order valence-electron chi connectivity index (χ0n) is 14.1. The van der Waals surface area contributed by atoms with Gasteiger partial charge in [0.15, 0.2) is 0 Å². The van der Waals surface area contributed by atoms with Gasteiger partial charge < -0.3 is 5.32 Å². The van der Waals surface area contributed by atoms with Crippen LogP contribution in [0.15, 0.2) is 47.4 Å². The predicted molar refractivity (Wildman–Crippen MR) is 94.6 cm³/mol. The summed E-state index contributed by atoms with van der Waals surface area (Å²) < 4.78 is 26.7. The molecular weight excluding hydrogens is 324 g/mol. The lowest BCUT2D eigenvalue weighted by molar-refractivity contribution is 0.0954. The maximum Gasteiger partial charge on any atom is 0.251 e. The molecule has 2 N–H and O–H groups in total. The Kier molecular flexibility index (Phi) is 5.75. The van der Waals surface area contributed by atoms with Crippen molar-refractivity contribution in [2.45, 2.75) is 25.7 Å². The smallest absolute Gasteiger partial charge is 0.251 e. The number of hydrogen-bond donors (Lipinski definition) is 2. The van der Waals surface area contributed by atoms with Crippen molar-refractivity contribution >= 4 is 15.9 Å². The molecule has 5 nitrogen and oxygen atoms in total. The number of rotatable bonds is 6. The molecule has 0 heterocycles. The van der Waals surface area contributed by atoms with Crippen LogP contribution in [-0.4, -0.2) is 27.4 Å². The van der Waals surface area contributed by atoms with Crippen LogP contribution in [0.1, 0.15) is 27.0 Å². The second-order valence-corrected chi connectivity index (χ2v) is 7.53. The summed E-state index contributed by atoms with van der Waals surface area (Å²) in [4.78, 5) is 12.3. The molecule has 0 atom stereocenters. The van der Waals surface area contributed by atoms with E-state index in [1.807, 2.05) is 32.9 Å². The van der Waals surface area contributed by atoms with Gasteiger partial charge in [-0.15, -0.1) is 0 Å². The first kappa shape index (κ1) is 18.2. The van der Waals surface area contributed by atoms with Gasteiger partial charge in [0.25, 0.3) is 5.91 Å². The number of amides is 1. The Hall–Kier alpha value is -2.18. The van der Waals surface area contributed by atoms with Gasteiger partial charge in [0, 0.05) is 18.7 Å². The fourth-order valence-corrected chi connectivity index (χ4v) is 3.18. The summed E-state index contributed by atoms with van der Waals surface area (Å²) in [5, 5.41) is 2.71. The van der Waals surface area contributed by atoms with Crippen molar-refractivity contribution in [3.05, 3.63) is 64.7 Å². The fraction of sp³-hybridized carbons (Fsp3) is 0.278. The van der Waals surface area contributed by atoms with Crippen molar-refractivity contribution < 1.29 is 13.2 Å². The number of nitrogens with one attached hydrogen (secondary N) is 2. The van der Waals surface area contributed by atoms with Gasteiger partial charge in [-0.3, -0.25) is 4.79 Å². The summed E-state index contributed by atoms with van der Waals surface area (Å²) >= 11 is 0. The molecule has 0 fully saturated rings. The van der Waals surface area contributed by atoms with Crippen LogP contribution in [-0.2, 0) is 10.0 Å². The quantitative estimate of drug-likeness (QED) is 0.788. The third-order valence-electron chi connectivity index (χ3n) is 3.80. The van der Waals surface area contributed by atoms with Crippen LogP contribution in [0.25, 0.3) is 0 Å². The van der Waals surface area contributed by atoms with E-state index in [0.717, 1.165) is 16.7 Å². The molecule has 6 heteroatoms. The minimum atomic E-state index is -3.55. The highest BCUT2D eigenvalue weighted by molar-refractivity contribution is 7.89. The van der Waals surface area contributed by atoms with Gasteiger partial charge in [0.05, 0.1) is 4.90 Å². The average molecular weight is 346 g/mol. The lowest BCUT2D eigenvalue weighted by Crippen LogP contribution is -2.34. The minimum absolute atomic E-state index is 0.132. The minimum Gasteiger partial charge on any atom is -0.351 e. The Balaban J connectivity index is 1.86. The van der Waals surface area contributed by atoms with Crippen LogP contribution >= 0.6 is 0 Å². The molecule has 0 radical (unpaired) electrons. The van der Waals surface area contributed by atoms with Crippen LogP contribution in [0.5, 0.6) is 0 Å². The summed E-state index contributed by atoms with van der Waals surface area (Å²) in [6.07, 6.45) is 0. The molecule has 0 unspecified atom stereocenters. The Morgan fingerprint density at radius 1 is 0.917 bits per heavy atom. The molecule has 128 valence electrons. The third-order valence-corrected chi connectivity index (χ3v) is 5.28. The predicted octanol–water partition coefficient (Wildman–Crippen LogP) is 2.32. The van der Waals surface area contributed by atoms with Crippen molar-refractivity contribution in [1.29, 1.82) is 0 Å². The van der Waals surface area contributed by atoms with E-state index in [4.69, 9.17) is 0 Å². The Labute approximate surface area is 143 Å². The van der Waals surface area contributed by atoms with Crippen molar-refractivity contribution in [3.63, 3.8) is 0 Å². The Morgan fingerprint density at radius 3 is 2.21 bits per heavy atom. The number of aryl methyl sites for hydroxylation is 3. The second-order valence-electron chi connectivity index (χ2n) is 5.77. The molecule has 0 aliphatic rings. The monoisotopic (exact) mass is 346 g/mol. The Bertz CT molecular complexity index is 828. The standard InChI is InChI=1S/C18H22N2O3S/c1-13-4-8-17(9-5-13)24(22,23)20-11-10-19-18(21)16-7-6-14(2)15(3)12-16/h4-9,12,20H,10-11H2,1-3H3,(H,19,21). The largest absolute Gasteiger partial charge is 0.351 e. The van der Waals surface area contributed by atoms with Crippen molar-refractivity contribution in [2.24, 2.45) is 0 Å². The average Bonchev–Trinajstić information content (AvgIpc) is 2.54. The van der Waals surface area contributed by atoms with E-state index in [0.29, 0.717) is 5.56 Å². The first-order chi connectivity index (χ1) is 11.3. The van der Waals surface area contributed by atoms with E-state index in [1.165, 1.54) is 0 Å². The van der Waals surface area contributed by atoms with Gasteiger partial charge >= 0.3 is 0 Å². The maximum absolute atomic E-state index is 12.1. The summed E-state index contributed by atoms with van der Waals surface area (Å²) in [6, 6.07) is 12.1. The first-order valence-electron chi connectivity index (χ1n) is 7.71. The van der Waals surface area contributed by atoms with E-state index in [1.54, 1.807) is 30.3 Å². The molecule has 0 spiro atoms. The molecule has 0 aliphatic heterocycles. The molecule has 2 rings (SSSR count). The van der Waals surface area contributed by atoms with E-state index >= 15 is 0 Å². The first-order valence-corrected chi connectivity index (χ1v) is 9.20. The van der Waals surface area contributed by atoms with Crippen LogP contribution in [0.3, 0.4) is 0 Å². The summed E-state index contributed by atoms with van der Waals surface area (Å²) in [7, 11) is -3.55. The maximum atomic E-state index is 12.1. The highest BCUT2D eigenvalue weighted by Gasteiger charge is 2.13. The molecular formula is C18H22N2O3S. The third kappa shape index (κ3) is 4.66. The molecule has 1 amide bonds. The van der Waals surface area contributed by atoms with Crippen molar-refractivity contribution in [1.82, 2.24) is 10.0 Å². The summed E-state index contributed by atoms with van der Waals surface area (Å²) in [5.74, 6) is -0.215. The molecule has 2 aromatic carbocycles. The SMILES string of the molecule is Cc1ccc(S(=O)(=O)NCCNC(=O)c2ccc(C)c(C)c2)cc1. The summed E-state index contributed by atoms with van der Waals surface area (Å²) in [6.45, 7) is 6.18. The highest BCUT2D eigenvalue weighted by Crippen LogP contribution is 2.10. The molecule has 24 heavy (non-hydrogen) atoms. The van der Waals surface area contributed by atoms with Crippen LogP contribution < -0.4 is 10.0 Å². The van der Waals surface area contributed by atoms with E-state index < -0.39 is 10.0 Å². The van der Waals surface area contributed by atoms with Crippen LogP contribution in [0.4, 0.5) is 0 Å². The number of hydrogen-bond acceptors (Lipinski definition) is 3. The molecule has 2 aromatic rings. The normalized spacial score (nSPS) is 11.3. The van der Waals surface area contributed by atoms with Gasteiger partial charge in [-0.25, -0.2) is 13.1 Å². The van der Waals surface area contributed by atoms with E-state index in [2.05, 4.69) is 10.0 Å². The molecule has 0 bridgehead atoms. The van der Waals surface area contributed by atoms with Gasteiger partial charge in [-0.2, -0.15) is 0 Å². The zero-order chi connectivity index (χ0) is 17.7. The van der Waals surface area contributed by atoms with Gasteiger partial charge in [-0.05, 0) is 56.2 Å². The van der Waals surface area contributed by atoms with Crippen LogP contribution in [0.2, 0.25) is 0 Å².